The predicted molar refractivity (Wildman–Crippen MR) is 122 cm³/mol. The second-order valence-corrected chi connectivity index (χ2v) is 11.3. The summed E-state index contributed by atoms with van der Waals surface area (Å²) < 4.78 is 29.8. The molecule has 32 heavy (non-hydrogen) atoms. The van der Waals surface area contributed by atoms with Gasteiger partial charge in [0.05, 0.1) is 10.6 Å². The molecular formula is C24H29N3O4S. The topological polar surface area (TPSA) is 88.5 Å². The average molecular weight is 456 g/mol. The second kappa shape index (κ2) is 8.48. The molecule has 1 saturated heterocycles. The van der Waals surface area contributed by atoms with Crippen LogP contribution in [0.25, 0.3) is 0 Å². The van der Waals surface area contributed by atoms with E-state index in [0.717, 1.165) is 37.8 Å². The second-order valence-electron chi connectivity index (χ2n) is 9.34. The lowest BCUT2D eigenvalue weighted by Gasteiger charge is -2.42. The number of sulfonamides is 1. The monoisotopic (exact) mass is 455 g/mol. The van der Waals surface area contributed by atoms with Crippen LogP contribution in [0.3, 0.4) is 0 Å². The van der Waals surface area contributed by atoms with Crippen molar-refractivity contribution in [3.63, 3.8) is 0 Å². The largest absolute Gasteiger partial charge is 0.324 e. The van der Waals surface area contributed by atoms with Gasteiger partial charge in [0.25, 0.3) is 5.56 Å². The van der Waals surface area contributed by atoms with Crippen LogP contribution in [0, 0.1) is 11.8 Å². The molecule has 8 heteroatoms. The van der Waals surface area contributed by atoms with E-state index in [1.165, 1.54) is 12.5 Å². The zero-order chi connectivity index (χ0) is 22.3. The lowest BCUT2D eigenvalue weighted by molar-refractivity contribution is -0.120. The fraction of sp³-hybridized carbons (Fsp3) is 0.500. The first kappa shape index (κ1) is 21.4. The molecule has 1 aromatic carbocycles. The summed E-state index contributed by atoms with van der Waals surface area (Å²) in [4.78, 5) is 25.9. The van der Waals surface area contributed by atoms with Gasteiger partial charge in [0, 0.05) is 43.2 Å². The van der Waals surface area contributed by atoms with E-state index in [2.05, 4.69) is 5.32 Å². The summed E-state index contributed by atoms with van der Waals surface area (Å²) in [6.45, 7) is 1.18. The highest BCUT2D eigenvalue weighted by molar-refractivity contribution is 7.89. The van der Waals surface area contributed by atoms with Crippen molar-refractivity contribution >= 4 is 21.6 Å². The van der Waals surface area contributed by atoms with E-state index in [0.29, 0.717) is 25.3 Å². The fourth-order valence-corrected chi connectivity index (χ4v) is 7.20. The highest BCUT2D eigenvalue weighted by Gasteiger charge is 2.41. The quantitative estimate of drug-likeness (QED) is 0.767. The Labute approximate surface area is 188 Å². The number of fused-ring (bicyclic) bond motifs is 4. The summed E-state index contributed by atoms with van der Waals surface area (Å²) in [5.74, 6) is -0.0369. The van der Waals surface area contributed by atoms with Crippen LogP contribution < -0.4 is 10.9 Å². The maximum Gasteiger partial charge on any atom is 0.250 e. The van der Waals surface area contributed by atoms with Gasteiger partial charge in [-0.25, -0.2) is 8.42 Å². The van der Waals surface area contributed by atoms with Crippen LogP contribution in [0.4, 0.5) is 5.69 Å². The van der Waals surface area contributed by atoms with Crippen molar-refractivity contribution in [2.45, 2.75) is 55.9 Å². The van der Waals surface area contributed by atoms with Gasteiger partial charge in [-0.15, -0.1) is 0 Å². The van der Waals surface area contributed by atoms with E-state index in [1.807, 2.05) is 0 Å². The standard InChI is InChI=1S/C24H29N3O4S/c28-22-12-11-21(25-24(29)18-7-3-1-4-8-18)23-19-13-17(15-27(22)23)14-26(16-19)32(30,31)20-9-5-2-6-10-20/h2,5-6,9-12,17-19H,1,3-4,7-8,13-16H2,(H,25,29)/t17-,19+/m0/s1. The first-order chi connectivity index (χ1) is 15.4. The van der Waals surface area contributed by atoms with Crippen molar-refractivity contribution in [3.8, 4) is 0 Å². The highest BCUT2D eigenvalue weighted by atomic mass is 32.2. The lowest BCUT2D eigenvalue weighted by Crippen LogP contribution is -2.49. The lowest BCUT2D eigenvalue weighted by atomic mass is 9.83. The molecule has 0 radical (unpaired) electrons. The number of pyridine rings is 1. The third kappa shape index (κ3) is 3.90. The molecule has 2 bridgehead atoms. The summed E-state index contributed by atoms with van der Waals surface area (Å²) >= 11 is 0. The smallest absolute Gasteiger partial charge is 0.250 e. The molecule has 3 heterocycles. The Morgan fingerprint density at radius 1 is 0.938 bits per heavy atom. The van der Waals surface area contributed by atoms with Crippen molar-refractivity contribution < 1.29 is 13.2 Å². The molecule has 1 aliphatic carbocycles. The van der Waals surface area contributed by atoms with Gasteiger partial charge in [-0.2, -0.15) is 4.31 Å². The highest BCUT2D eigenvalue weighted by Crippen LogP contribution is 2.40. The number of piperidine rings is 1. The molecular weight excluding hydrogens is 426 g/mol. The third-order valence-corrected chi connectivity index (χ3v) is 9.02. The Kier molecular flexibility index (Phi) is 5.67. The van der Waals surface area contributed by atoms with Gasteiger partial charge in [0.15, 0.2) is 0 Å². The van der Waals surface area contributed by atoms with Crippen LogP contribution in [-0.2, 0) is 21.4 Å². The van der Waals surface area contributed by atoms with Crippen molar-refractivity contribution in [1.82, 2.24) is 8.87 Å². The minimum absolute atomic E-state index is 0.00831. The van der Waals surface area contributed by atoms with E-state index < -0.39 is 10.0 Å². The molecule has 0 unspecified atom stereocenters. The van der Waals surface area contributed by atoms with Crippen LogP contribution in [-0.4, -0.2) is 36.3 Å². The molecule has 2 fully saturated rings. The van der Waals surface area contributed by atoms with E-state index in [-0.39, 0.29) is 34.1 Å². The number of hydrogen-bond donors (Lipinski definition) is 1. The van der Waals surface area contributed by atoms with Crippen molar-refractivity contribution in [2.75, 3.05) is 18.4 Å². The number of benzene rings is 1. The van der Waals surface area contributed by atoms with Crippen LogP contribution >= 0.6 is 0 Å². The number of hydrogen-bond acceptors (Lipinski definition) is 4. The van der Waals surface area contributed by atoms with Gasteiger partial charge in [-0.05, 0) is 43.4 Å². The number of carbonyl (C=O) groups is 1. The van der Waals surface area contributed by atoms with Crippen molar-refractivity contribution in [3.05, 3.63) is 58.5 Å². The molecule has 3 aliphatic rings. The van der Waals surface area contributed by atoms with Crippen LogP contribution in [0.1, 0.15) is 50.1 Å². The van der Waals surface area contributed by atoms with Crippen molar-refractivity contribution in [2.24, 2.45) is 11.8 Å². The predicted octanol–water partition coefficient (Wildman–Crippen LogP) is 3.18. The number of nitrogens with zero attached hydrogens (tertiary/aromatic N) is 2. The van der Waals surface area contributed by atoms with Gasteiger partial charge in [0.2, 0.25) is 15.9 Å². The van der Waals surface area contributed by atoms with Crippen LogP contribution in [0.15, 0.2) is 52.2 Å². The summed E-state index contributed by atoms with van der Waals surface area (Å²) in [6.07, 6.45) is 5.93. The van der Waals surface area contributed by atoms with Gasteiger partial charge >= 0.3 is 0 Å². The SMILES string of the molecule is O=C(Nc1ccc(=O)n2c1[C@@H]1C[C@@H](CN(S(=O)(=O)c3ccccc3)C1)C2)C1CCCCC1. The zero-order valence-corrected chi connectivity index (χ0v) is 18.9. The number of aromatic nitrogens is 1. The van der Waals surface area contributed by atoms with Gasteiger partial charge in [-0.1, -0.05) is 37.5 Å². The fourth-order valence-electron chi connectivity index (χ4n) is 5.61. The molecule has 0 spiro atoms. The van der Waals surface area contributed by atoms with E-state index >= 15 is 0 Å². The normalized spacial score (nSPS) is 24.0. The Balaban J connectivity index is 1.45. The summed E-state index contributed by atoms with van der Waals surface area (Å²) in [7, 11) is -3.61. The molecule has 1 amide bonds. The molecule has 1 N–H and O–H groups in total. The molecule has 170 valence electrons. The Morgan fingerprint density at radius 2 is 1.69 bits per heavy atom. The first-order valence-electron chi connectivity index (χ1n) is 11.5. The first-order valence-corrected chi connectivity index (χ1v) is 13.0. The molecule has 1 aromatic heterocycles. The summed E-state index contributed by atoms with van der Waals surface area (Å²) in [5, 5.41) is 3.09. The van der Waals surface area contributed by atoms with E-state index in [4.69, 9.17) is 0 Å². The maximum absolute atomic E-state index is 13.3. The molecule has 5 rings (SSSR count). The summed E-state index contributed by atoms with van der Waals surface area (Å²) in [5.41, 5.74) is 1.33. The molecule has 2 atom stereocenters. The Hall–Kier alpha value is -2.45. The molecule has 1 saturated carbocycles. The van der Waals surface area contributed by atoms with Crippen LogP contribution in [0.5, 0.6) is 0 Å². The van der Waals surface area contributed by atoms with Gasteiger partial charge < -0.3 is 9.88 Å². The molecule has 2 aliphatic heterocycles. The molecule has 7 nitrogen and oxygen atoms in total. The zero-order valence-electron chi connectivity index (χ0n) is 18.1. The number of carbonyl (C=O) groups excluding carboxylic acids is 1. The minimum atomic E-state index is -3.61. The number of rotatable bonds is 4. The van der Waals surface area contributed by atoms with Crippen LogP contribution in [0.2, 0.25) is 0 Å². The average Bonchev–Trinajstić information content (AvgIpc) is 2.82. The minimum Gasteiger partial charge on any atom is -0.324 e. The van der Waals surface area contributed by atoms with Crippen molar-refractivity contribution in [1.29, 1.82) is 0 Å². The Morgan fingerprint density at radius 3 is 2.44 bits per heavy atom. The van der Waals surface area contributed by atoms with E-state index in [1.54, 1.807) is 45.3 Å². The van der Waals surface area contributed by atoms with E-state index in [9.17, 15) is 18.0 Å². The maximum atomic E-state index is 13.3. The Bertz CT molecular complexity index is 1170. The summed E-state index contributed by atoms with van der Waals surface area (Å²) in [6, 6.07) is 11.7. The number of amides is 1. The molecule has 2 aromatic rings. The number of anilines is 1. The number of nitrogens with one attached hydrogen (secondary N) is 1. The third-order valence-electron chi connectivity index (χ3n) is 7.17. The van der Waals surface area contributed by atoms with Gasteiger partial charge in [0.1, 0.15) is 0 Å². The van der Waals surface area contributed by atoms with Gasteiger partial charge in [-0.3, -0.25) is 9.59 Å².